The van der Waals surface area contributed by atoms with Crippen LogP contribution in [-0.4, -0.2) is 37.9 Å². The number of carbonyl (C=O) groups excluding carboxylic acids is 3. The zero-order chi connectivity index (χ0) is 21.6. The van der Waals surface area contributed by atoms with Crippen molar-refractivity contribution >= 4 is 33.2 Å². The molecule has 0 aliphatic carbocycles. The summed E-state index contributed by atoms with van der Waals surface area (Å²) in [6, 6.07) is 12.7. The van der Waals surface area contributed by atoms with Gasteiger partial charge < -0.3 is 10.1 Å². The maximum atomic E-state index is 12.3. The third-order valence-corrected chi connectivity index (χ3v) is 5.90. The molecule has 1 atom stereocenters. The Morgan fingerprint density at radius 3 is 2.34 bits per heavy atom. The third kappa shape index (κ3) is 6.53. The van der Waals surface area contributed by atoms with Gasteiger partial charge in [-0.2, -0.15) is 0 Å². The third-order valence-electron chi connectivity index (χ3n) is 4.17. The Balaban J connectivity index is 1.89. The van der Waals surface area contributed by atoms with Gasteiger partial charge in [-0.25, -0.2) is 8.42 Å². The summed E-state index contributed by atoms with van der Waals surface area (Å²) in [7, 11) is -3.62. The number of ketones is 1. The Morgan fingerprint density at radius 2 is 1.72 bits per heavy atom. The number of amides is 1. The first kappa shape index (κ1) is 22.3. The molecule has 1 unspecified atom stereocenters. The standard InChI is InChI=1S/C21H23NO6S/c1-14-7-9-19(10-8-14)29(26,27)12-11-20(24)28-16(3)21(25)22-18-6-4-5-17(13-18)15(2)23/h4-10,13,16H,11-12H2,1-3H3,(H,22,25). The predicted octanol–water partition coefficient (Wildman–Crippen LogP) is 2.93. The molecule has 29 heavy (non-hydrogen) atoms. The predicted molar refractivity (Wildman–Crippen MR) is 108 cm³/mol. The van der Waals surface area contributed by atoms with Crippen molar-refractivity contribution in [2.24, 2.45) is 0 Å². The molecule has 0 aromatic heterocycles. The van der Waals surface area contributed by atoms with E-state index < -0.39 is 33.6 Å². The van der Waals surface area contributed by atoms with E-state index in [1.165, 1.54) is 32.0 Å². The van der Waals surface area contributed by atoms with E-state index in [-0.39, 0.29) is 17.1 Å². The number of hydrogen-bond acceptors (Lipinski definition) is 6. The van der Waals surface area contributed by atoms with Gasteiger partial charge in [0, 0.05) is 11.3 Å². The van der Waals surface area contributed by atoms with Gasteiger partial charge in [-0.1, -0.05) is 29.8 Å². The Kier molecular flexibility index (Phi) is 7.28. The monoisotopic (exact) mass is 417 g/mol. The van der Waals surface area contributed by atoms with Crippen molar-refractivity contribution in [2.45, 2.75) is 38.2 Å². The Labute approximate surface area is 170 Å². The van der Waals surface area contributed by atoms with Crippen LogP contribution < -0.4 is 5.32 Å². The summed E-state index contributed by atoms with van der Waals surface area (Å²) in [5.41, 5.74) is 1.76. The van der Waals surface area contributed by atoms with Crippen molar-refractivity contribution in [3.8, 4) is 0 Å². The number of aryl methyl sites for hydroxylation is 1. The number of esters is 1. The number of Topliss-reactive ketones (excluding diaryl/α,β-unsaturated/α-hetero) is 1. The lowest BCUT2D eigenvalue weighted by Gasteiger charge is -2.14. The minimum absolute atomic E-state index is 0.132. The molecule has 0 radical (unpaired) electrons. The van der Waals surface area contributed by atoms with Crippen LogP contribution in [0.15, 0.2) is 53.4 Å². The molecule has 1 N–H and O–H groups in total. The van der Waals surface area contributed by atoms with Gasteiger partial charge in [0.1, 0.15) is 0 Å². The van der Waals surface area contributed by atoms with Crippen LogP contribution >= 0.6 is 0 Å². The molecule has 0 spiro atoms. The first-order valence-electron chi connectivity index (χ1n) is 8.99. The largest absolute Gasteiger partial charge is 0.453 e. The lowest BCUT2D eigenvalue weighted by molar-refractivity contribution is -0.152. The van der Waals surface area contributed by atoms with Crippen LogP contribution in [-0.2, 0) is 24.2 Å². The van der Waals surface area contributed by atoms with Gasteiger partial charge in [0.15, 0.2) is 21.7 Å². The maximum absolute atomic E-state index is 12.3. The maximum Gasteiger partial charge on any atom is 0.307 e. The van der Waals surface area contributed by atoms with E-state index in [4.69, 9.17) is 4.74 Å². The van der Waals surface area contributed by atoms with E-state index in [2.05, 4.69) is 5.32 Å². The van der Waals surface area contributed by atoms with E-state index in [1.807, 2.05) is 6.92 Å². The van der Waals surface area contributed by atoms with Crippen LogP contribution in [0.5, 0.6) is 0 Å². The summed E-state index contributed by atoms with van der Waals surface area (Å²) in [5, 5.41) is 2.56. The Morgan fingerprint density at radius 1 is 1.07 bits per heavy atom. The lowest BCUT2D eigenvalue weighted by Crippen LogP contribution is -2.30. The van der Waals surface area contributed by atoms with Gasteiger partial charge in [-0.3, -0.25) is 14.4 Å². The van der Waals surface area contributed by atoms with Crippen LogP contribution in [0.1, 0.15) is 36.2 Å². The molecule has 2 rings (SSSR count). The molecule has 2 aromatic rings. The second kappa shape index (κ2) is 9.47. The van der Waals surface area contributed by atoms with E-state index in [1.54, 1.807) is 30.3 Å². The normalized spacial score (nSPS) is 12.1. The molecule has 2 aromatic carbocycles. The number of carbonyl (C=O) groups is 3. The molecule has 0 fully saturated rings. The van der Waals surface area contributed by atoms with Crippen LogP contribution in [0.2, 0.25) is 0 Å². The topological polar surface area (TPSA) is 107 Å². The van der Waals surface area contributed by atoms with Crippen molar-refractivity contribution in [3.63, 3.8) is 0 Å². The van der Waals surface area contributed by atoms with Crippen LogP contribution in [0, 0.1) is 6.92 Å². The molecule has 0 saturated carbocycles. The molecule has 0 aliphatic rings. The molecule has 0 bridgehead atoms. The highest BCUT2D eigenvalue weighted by Crippen LogP contribution is 2.14. The zero-order valence-corrected chi connectivity index (χ0v) is 17.3. The lowest BCUT2D eigenvalue weighted by atomic mass is 10.1. The first-order valence-corrected chi connectivity index (χ1v) is 10.6. The Bertz CT molecular complexity index is 1010. The highest BCUT2D eigenvalue weighted by atomic mass is 32.2. The van der Waals surface area contributed by atoms with Crippen molar-refractivity contribution in [1.29, 1.82) is 0 Å². The van der Waals surface area contributed by atoms with Crippen molar-refractivity contribution in [1.82, 2.24) is 0 Å². The van der Waals surface area contributed by atoms with Gasteiger partial charge in [0.05, 0.1) is 17.1 Å². The number of nitrogens with one attached hydrogen (secondary N) is 1. The van der Waals surface area contributed by atoms with Crippen molar-refractivity contribution in [2.75, 3.05) is 11.1 Å². The van der Waals surface area contributed by atoms with E-state index in [0.29, 0.717) is 11.3 Å². The summed E-state index contributed by atoms with van der Waals surface area (Å²) in [6.45, 7) is 4.64. The second-order valence-corrected chi connectivity index (χ2v) is 8.75. The minimum Gasteiger partial charge on any atom is -0.453 e. The summed E-state index contributed by atoms with van der Waals surface area (Å²) < 4.78 is 29.6. The summed E-state index contributed by atoms with van der Waals surface area (Å²) in [5.74, 6) is -1.93. The van der Waals surface area contributed by atoms with E-state index >= 15 is 0 Å². The molecule has 7 nitrogen and oxygen atoms in total. The SMILES string of the molecule is CC(=O)c1cccc(NC(=O)C(C)OC(=O)CCS(=O)(=O)c2ccc(C)cc2)c1. The minimum atomic E-state index is -3.62. The quantitative estimate of drug-likeness (QED) is 0.523. The second-order valence-electron chi connectivity index (χ2n) is 6.64. The summed E-state index contributed by atoms with van der Waals surface area (Å²) in [6.07, 6.45) is -1.49. The molecule has 0 aliphatic heterocycles. The van der Waals surface area contributed by atoms with E-state index in [0.717, 1.165) is 5.56 Å². The molecule has 154 valence electrons. The van der Waals surface area contributed by atoms with Crippen molar-refractivity contribution in [3.05, 3.63) is 59.7 Å². The van der Waals surface area contributed by atoms with Crippen molar-refractivity contribution < 1.29 is 27.5 Å². The molecule has 1 amide bonds. The molecular weight excluding hydrogens is 394 g/mol. The number of hydrogen-bond donors (Lipinski definition) is 1. The van der Waals surface area contributed by atoms with Gasteiger partial charge >= 0.3 is 5.97 Å². The number of ether oxygens (including phenoxy) is 1. The van der Waals surface area contributed by atoms with Gasteiger partial charge in [-0.15, -0.1) is 0 Å². The van der Waals surface area contributed by atoms with Crippen LogP contribution in [0.25, 0.3) is 0 Å². The number of sulfone groups is 1. The fourth-order valence-electron chi connectivity index (χ4n) is 2.45. The average molecular weight is 417 g/mol. The average Bonchev–Trinajstić information content (AvgIpc) is 2.67. The number of benzene rings is 2. The zero-order valence-electron chi connectivity index (χ0n) is 16.5. The highest BCUT2D eigenvalue weighted by molar-refractivity contribution is 7.91. The molecule has 8 heteroatoms. The van der Waals surface area contributed by atoms with E-state index in [9.17, 15) is 22.8 Å². The van der Waals surface area contributed by atoms with Crippen LogP contribution in [0.3, 0.4) is 0 Å². The summed E-state index contributed by atoms with van der Waals surface area (Å²) >= 11 is 0. The smallest absolute Gasteiger partial charge is 0.307 e. The van der Waals surface area contributed by atoms with Crippen LogP contribution in [0.4, 0.5) is 5.69 Å². The number of anilines is 1. The fourth-order valence-corrected chi connectivity index (χ4v) is 3.67. The van der Waals surface area contributed by atoms with Gasteiger partial charge in [0.25, 0.3) is 5.91 Å². The fraction of sp³-hybridized carbons (Fsp3) is 0.286. The Hall–Kier alpha value is -3.00. The summed E-state index contributed by atoms with van der Waals surface area (Å²) in [4.78, 5) is 35.7. The molecular formula is C21H23NO6S. The highest BCUT2D eigenvalue weighted by Gasteiger charge is 2.21. The van der Waals surface area contributed by atoms with Gasteiger partial charge in [-0.05, 0) is 45.0 Å². The molecule has 0 heterocycles. The van der Waals surface area contributed by atoms with Gasteiger partial charge in [0.2, 0.25) is 0 Å². The molecule has 0 saturated heterocycles. The number of rotatable bonds is 8. The first-order chi connectivity index (χ1) is 13.6.